The number of fused-ring (bicyclic) bond motifs is 1. The second-order valence-electron chi connectivity index (χ2n) is 10.1. The van der Waals surface area contributed by atoms with Gasteiger partial charge in [0.15, 0.2) is 12.1 Å². The van der Waals surface area contributed by atoms with Crippen LogP contribution < -0.4 is 5.32 Å². The number of carbonyl (C=O) groups excluding carboxylic acids is 4. The highest BCUT2D eigenvalue weighted by Gasteiger charge is 2.57. The lowest BCUT2D eigenvalue weighted by Crippen LogP contribution is -2.74. The molecule has 0 aromatic heterocycles. The van der Waals surface area contributed by atoms with Crippen LogP contribution in [0, 0.1) is 0 Å². The third kappa shape index (κ3) is 6.60. The van der Waals surface area contributed by atoms with Crippen LogP contribution in [-0.2, 0) is 30.3 Å². The van der Waals surface area contributed by atoms with Crippen LogP contribution in [0.5, 0.6) is 0 Å². The van der Waals surface area contributed by atoms with Gasteiger partial charge < -0.3 is 19.7 Å². The number of hydrogen-bond acceptors (Lipinski definition) is 6. The van der Waals surface area contributed by atoms with Crippen LogP contribution in [-0.4, -0.2) is 52.2 Å². The highest BCUT2D eigenvalue weighted by Crippen LogP contribution is 2.42. The second kappa shape index (κ2) is 13.5. The summed E-state index contributed by atoms with van der Waals surface area (Å²) in [6.07, 6.45) is 4.05. The van der Waals surface area contributed by atoms with E-state index in [0.717, 1.165) is 28.5 Å². The number of rotatable bonds is 11. The third-order valence-corrected chi connectivity index (χ3v) is 8.59. The maximum absolute atomic E-state index is 14.0. The highest BCUT2D eigenvalue weighted by atomic mass is 32.2. The van der Waals surface area contributed by atoms with Crippen LogP contribution in [0.15, 0.2) is 103 Å². The molecule has 2 heterocycles. The number of aldehydes is 1. The Kier molecular flexibility index (Phi) is 9.31. The fraction of sp³-hybridized carbons (Fsp3) is 0.273. The third-order valence-electron chi connectivity index (χ3n) is 7.25. The summed E-state index contributed by atoms with van der Waals surface area (Å²) in [4.78, 5) is 52.5. The van der Waals surface area contributed by atoms with Crippen molar-refractivity contribution in [2.75, 3.05) is 5.75 Å². The van der Waals surface area contributed by atoms with Crippen molar-refractivity contribution in [2.45, 2.75) is 49.2 Å². The number of amides is 2. The molecule has 0 unspecified atom stereocenters. The van der Waals surface area contributed by atoms with Crippen molar-refractivity contribution in [2.24, 2.45) is 0 Å². The lowest BCUT2D eigenvalue weighted by molar-refractivity contribution is -0.165. The Balaban J connectivity index is 1.37. The van der Waals surface area contributed by atoms with Crippen LogP contribution in [0.4, 0.5) is 0 Å². The molecule has 2 aliphatic heterocycles. The van der Waals surface area contributed by atoms with Crippen molar-refractivity contribution in [3.05, 3.63) is 119 Å². The summed E-state index contributed by atoms with van der Waals surface area (Å²) < 4.78 is 6.19. The van der Waals surface area contributed by atoms with E-state index in [1.54, 1.807) is 4.90 Å². The molecule has 0 bridgehead atoms. The maximum atomic E-state index is 14.0. The predicted molar refractivity (Wildman–Crippen MR) is 158 cm³/mol. The summed E-state index contributed by atoms with van der Waals surface area (Å²) in [7, 11) is 0. The maximum Gasteiger partial charge on any atom is 0.334 e. The number of ether oxygens (including phenoxy) is 1. The molecule has 0 radical (unpaired) electrons. The Hall–Kier alpha value is -4.17. The molecule has 3 aromatic carbocycles. The molecule has 3 atom stereocenters. The number of hydrogen-bond donors (Lipinski definition) is 1. The van der Waals surface area contributed by atoms with E-state index in [1.807, 2.05) is 97.1 Å². The van der Waals surface area contributed by atoms with E-state index < -0.39 is 24.2 Å². The molecule has 1 N–H and O–H groups in total. The first-order valence-corrected chi connectivity index (χ1v) is 14.8. The summed E-state index contributed by atoms with van der Waals surface area (Å²) in [6, 6.07) is 26.8. The number of nitrogens with zero attached hydrogens (tertiary/aromatic N) is 1. The average Bonchev–Trinajstić information content (AvgIpc) is 3.01. The topological polar surface area (TPSA) is 92.8 Å². The molecule has 0 saturated carbocycles. The number of allylic oxidation sites excluding steroid dienone is 1. The normalized spacial score (nSPS) is 20.7. The van der Waals surface area contributed by atoms with Crippen LogP contribution in [0.2, 0.25) is 0 Å². The molecule has 41 heavy (non-hydrogen) atoms. The SMILES string of the molecule is O=CCCC/C=C1\CS[C@@H]2[C@H](NC(=O)Cc3ccccc3)C(=O)N2[C@H]1C(=O)OC(c1ccccc1)c1ccccc1. The van der Waals surface area contributed by atoms with Gasteiger partial charge in [0, 0.05) is 12.2 Å². The van der Waals surface area contributed by atoms with E-state index in [0.29, 0.717) is 25.0 Å². The number of benzene rings is 3. The summed E-state index contributed by atoms with van der Waals surface area (Å²) in [5.41, 5.74) is 3.29. The first-order valence-electron chi connectivity index (χ1n) is 13.8. The lowest BCUT2D eigenvalue weighted by atomic mass is 9.96. The van der Waals surface area contributed by atoms with Crippen LogP contribution in [0.1, 0.15) is 42.1 Å². The molecule has 2 amide bonds. The van der Waals surface area contributed by atoms with Crippen molar-refractivity contribution in [1.29, 1.82) is 0 Å². The molecule has 5 rings (SSSR count). The summed E-state index contributed by atoms with van der Waals surface area (Å²) in [6.45, 7) is 0. The minimum atomic E-state index is -0.901. The number of nitrogens with one attached hydrogen (secondary N) is 1. The number of carbonyl (C=O) groups is 4. The molecule has 0 aliphatic carbocycles. The first-order chi connectivity index (χ1) is 20.1. The molecule has 8 heteroatoms. The Labute approximate surface area is 244 Å². The molecule has 0 spiro atoms. The molecule has 2 aliphatic rings. The van der Waals surface area contributed by atoms with E-state index in [9.17, 15) is 19.2 Å². The van der Waals surface area contributed by atoms with Gasteiger partial charge in [-0.05, 0) is 35.1 Å². The van der Waals surface area contributed by atoms with Gasteiger partial charge in [0.05, 0.1) is 6.42 Å². The Morgan fingerprint density at radius 2 is 1.54 bits per heavy atom. The smallest absolute Gasteiger partial charge is 0.334 e. The Bertz CT molecular complexity index is 1360. The van der Waals surface area contributed by atoms with Crippen molar-refractivity contribution in [3.8, 4) is 0 Å². The first kappa shape index (κ1) is 28.4. The lowest BCUT2D eigenvalue weighted by Gasteiger charge is -2.53. The summed E-state index contributed by atoms with van der Waals surface area (Å²) in [5.74, 6) is -0.545. The monoisotopic (exact) mass is 568 g/mol. The molecule has 7 nitrogen and oxygen atoms in total. The van der Waals surface area contributed by atoms with E-state index >= 15 is 0 Å². The molecule has 210 valence electrons. The van der Waals surface area contributed by atoms with Gasteiger partial charge >= 0.3 is 5.97 Å². The van der Waals surface area contributed by atoms with Crippen LogP contribution in [0.25, 0.3) is 0 Å². The fourth-order valence-corrected chi connectivity index (χ4v) is 6.61. The largest absolute Gasteiger partial charge is 0.451 e. The molecule has 2 fully saturated rings. The van der Waals surface area contributed by atoms with Crippen molar-refractivity contribution in [1.82, 2.24) is 10.2 Å². The quantitative estimate of drug-likeness (QED) is 0.119. The minimum Gasteiger partial charge on any atom is -0.451 e. The highest BCUT2D eigenvalue weighted by molar-refractivity contribution is 8.00. The van der Waals surface area contributed by atoms with Gasteiger partial charge in [0.25, 0.3) is 0 Å². The van der Waals surface area contributed by atoms with E-state index in [1.165, 1.54) is 11.8 Å². The van der Waals surface area contributed by atoms with Gasteiger partial charge in [0.1, 0.15) is 17.7 Å². The minimum absolute atomic E-state index is 0.172. The predicted octanol–water partition coefficient (Wildman–Crippen LogP) is 4.63. The van der Waals surface area contributed by atoms with Gasteiger partial charge in [0.2, 0.25) is 11.8 Å². The number of esters is 1. The number of thioether (sulfide) groups is 1. The summed E-state index contributed by atoms with van der Waals surface area (Å²) in [5, 5.41) is 2.50. The van der Waals surface area contributed by atoms with E-state index in [-0.39, 0.29) is 23.6 Å². The van der Waals surface area contributed by atoms with Gasteiger partial charge in [-0.3, -0.25) is 9.59 Å². The standard InChI is InChI=1S/C33H32N2O5S/c36-20-12-4-11-19-26-22-41-32-28(34-27(37)21-23-13-5-1-6-14-23)31(38)35(32)29(26)33(39)40-30(24-15-7-2-8-16-24)25-17-9-3-10-18-25/h1-3,5-10,13-20,28-30,32H,4,11-12,21-22H2,(H,34,37)/b26-19+/t28-,29-,32-/m1/s1. The van der Waals surface area contributed by atoms with Gasteiger partial charge in [-0.15, -0.1) is 11.8 Å². The van der Waals surface area contributed by atoms with E-state index in [4.69, 9.17) is 4.74 Å². The van der Waals surface area contributed by atoms with Gasteiger partial charge in [-0.2, -0.15) is 0 Å². The molecular formula is C33H32N2O5S. The van der Waals surface area contributed by atoms with Crippen LogP contribution in [0.3, 0.4) is 0 Å². The van der Waals surface area contributed by atoms with Gasteiger partial charge in [-0.25, -0.2) is 4.79 Å². The van der Waals surface area contributed by atoms with Crippen LogP contribution >= 0.6 is 11.8 Å². The molecular weight excluding hydrogens is 536 g/mol. The Morgan fingerprint density at radius 1 is 0.927 bits per heavy atom. The van der Waals surface area contributed by atoms with E-state index in [2.05, 4.69) is 5.32 Å². The van der Waals surface area contributed by atoms with Gasteiger partial charge in [-0.1, -0.05) is 97.1 Å². The molecule has 3 aromatic rings. The van der Waals surface area contributed by atoms with Crippen molar-refractivity contribution in [3.63, 3.8) is 0 Å². The zero-order chi connectivity index (χ0) is 28.6. The zero-order valence-electron chi connectivity index (χ0n) is 22.6. The fourth-order valence-electron chi connectivity index (χ4n) is 5.20. The number of β-lactam (4-membered cyclic amide) rings is 1. The average molecular weight is 569 g/mol. The zero-order valence-corrected chi connectivity index (χ0v) is 23.4. The second-order valence-corrected chi connectivity index (χ2v) is 11.2. The Morgan fingerprint density at radius 3 is 2.15 bits per heavy atom. The van der Waals surface area contributed by atoms with Crippen molar-refractivity contribution >= 4 is 35.8 Å². The number of unbranched alkanes of at least 4 members (excludes halogenated alkanes) is 2. The van der Waals surface area contributed by atoms with Crippen molar-refractivity contribution < 1.29 is 23.9 Å². The molecule has 2 saturated heterocycles. The summed E-state index contributed by atoms with van der Waals surface area (Å²) >= 11 is 1.52.